The van der Waals surface area contributed by atoms with Gasteiger partial charge in [0, 0.05) is 18.0 Å². The number of aromatic nitrogens is 1. The van der Waals surface area contributed by atoms with Crippen molar-refractivity contribution in [3.05, 3.63) is 30.0 Å². The summed E-state index contributed by atoms with van der Waals surface area (Å²) in [6.07, 6.45) is 0. The zero-order chi connectivity index (χ0) is 14.9. The fourth-order valence-corrected chi connectivity index (χ4v) is 2.00. The van der Waals surface area contributed by atoms with Crippen LogP contribution in [-0.4, -0.2) is 34.7 Å². The van der Waals surface area contributed by atoms with Crippen LogP contribution in [0.1, 0.15) is 17.4 Å². The highest BCUT2D eigenvalue weighted by atomic mass is 16.5. The Morgan fingerprint density at radius 2 is 2.05 bits per heavy atom. The number of amides is 1. The first kappa shape index (κ1) is 13.9. The third-order valence-electron chi connectivity index (χ3n) is 3.20. The molecular formula is C14H16N2O4. The average molecular weight is 276 g/mol. The number of nitrogens with one attached hydrogen (secondary N) is 1. The predicted octanol–water partition coefficient (Wildman–Crippen LogP) is 1.39. The van der Waals surface area contributed by atoms with Crippen molar-refractivity contribution in [1.29, 1.82) is 0 Å². The molecule has 2 aromatic rings. The van der Waals surface area contributed by atoms with E-state index in [-0.39, 0.29) is 0 Å². The van der Waals surface area contributed by atoms with Crippen LogP contribution in [0.2, 0.25) is 0 Å². The number of hydrogen-bond acceptors (Lipinski definition) is 3. The summed E-state index contributed by atoms with van der Waals surface area (Å²) in [5, 5.41) is 12.1. The van der Waals surface area contributed by atoms with Crippen molar-refractivity contribution in [3.8, 4) is 5.75 Å². The first-order valence-corrected chi connectivity index (χ1v) is 6.11. The minimum atomic E-state index is -1.07. The van der Waals surface area contributed by atoms with Crippen LogP contribution in [0.5, 0.6) is 5.75 Å². The van der Waals surface area contributed by atoms with Crippen LogP contribution < -0.4 is 10.1 Å². The van der Waals surface area contributed by atoms with E-state index < -0.39 is 17.9 Å². The second-order valence-corrected chi connectivity index (χ2v) is 4.55. The van der Waals surface area contributed by atoms with Gasteiger partial charge in [0.1, 0.15) is 17.5 Å². The maximum Gasteiger partial charge on any atom is 0.325 e. The number of fused-ring (bicyclic) bond motifs is 1. The molecule has 1 atom stereocenters. The summed E-state index contributed by atoms with van der Waals surface area (Å²) in [7, 11) is 3.33. The van der Waals surface area contributed by atoms with E-state index in [1.54, 1.807) is 24.8 Å². The lowest BCUT2D eigenvalue weighted by molar-refractivity contribution is -0.138. The molecule has 0 aliphatic rings. The molecular weight excluding hydrogens is 260 g/mol. The van der Waals surface area contributed by atoms with Gasteiger partial charge in [0.2, 0.25) is 0 Å². The highest BCUT2D eigenvalue weighted by Gasteiger charge is 2.18. The van der Waals surface area contributed by atoms with Crippen LogP contribution in [0.15, 0.2) is 24.3 Å². The first-order valence-electron chi connectivity index (χ1n) is 6.11. The van der Waals surface area contributed by atoms with Crippen molar-refractivity contribution >= 4 is 22.8 Å². The Morgan fingerprint density at radius 1 is 1.35 bits per heavy atom. The largest absolute Gasteiger partial charge is 0.497 e. The Hall–Kier alpha value is -2.50. The highest BCUT2D eigenvalue weighted by Crippen LogP contribution is 2.23. The molecule has 6 heteroatoms. The van der Waals surface area contributed by atoms with E-state index in [2.05, 4.69) is 5.32 Å². The molecule has 1 heterocycles. The van der Waals surface area contributed by atoms with Gasteiger partial charge in [-0.2, -0.15) is 0 Å². The van der Waals surface area contributed by atoms with Gasteiger partial charge in [-0.15, -0.1) is 0 Å². The molecule has 0 fully saturated rings. The lowest BCUT2D eigenvalue weighted by Crippen LogP contribution is -2.39. The van der Waals surface area contributed by atoms with Gasteiger partial charge in [-0.3, -0.25) is 9.59 Å². The summed E-state index contributed by atoms with van der Waals surface area (Å²) in [6, 6.07) is 6.26. The number of nitrogens with zero attached hydrogens (tertiary/aromatic N) is 1. The van der Waals surface area contributed by atoms with Gasteiger partial charge in [0.25, 0.3) is 5.91 Å². The predicted molar refractivity (Wildman–Crippen MR) is 74.0 cm³/mol. The standard InChI is InChI=1S/C14H16N2O4/c1-8(14(18)19)15-13(17)12-7-9-6-10(20-3)4-5-11(9)16(12)2/h4-8H,1-3H3,(H,15,17)(H,18,19)/t8-/m0/s1. The van der Waals surface area contributed by atoms with E-state index in [9.17, 15) is 9.59 Å². The molecule has 0 saturated carbocycles. The van der Waals surface area contributed by atoms with Crippen LogP contribution in [0.25, 0.3) is 10.9 Å². The maximum atomic E-state index is 12.1. The van der Waals surface area contributed by atoms with Crippen LogP contribution in [0, 0.1) is 0 Å². The molecule has 106 valence electrons. The van der Waals surface area contributed by atoms with E-state index in [1.807, 2.05) is 18.2 Å². The van der Waals surface area contributed by atoms with Crippen molar-refractivity contribution in [3.63, 3.8) is 0 Å². The third-order valence-corrected chi connectivity index (χ3v) is 3.20. The molecule has 0 unspecified atom stereocenters. The normalized spacial score (nSPS) is 12.2. The number of carbonyl (C=O) groups is 2. The first-order chi connectivity index (χ1) is 9.43. The molecule has 0 saturated heterocycles. The fourth-order valence-electron chi connectivity index (χ4n) is 2.00. The molecule has 0 aliphatic carbocycles. The Morgan fingerprint density at radius 3 is 2.65 bits per heavy atom. The Bertz CT molecular complexity index is 675. The van der Waals surface area contributed by atoms with Crippen LogP contribution in [-0.2, 0) is 11.8 Å². The molecule has 1 aromatic carbocycles. The number of methoxy groups -OCH3 is 1. The SMILES string of the molecule is COc1ccc2c(c1)cc(C(=O)N[C@@H](C)C(=O)O)n2C. The van der Waals surface area contributed by atoms with E-state index in [0.29, 0.717) is 11.4 Å². The number of benzene rings is 1. The van der Waals surface area contributed by atoms with Crippen LogP contribution >= 0.6 is 0 Å². The Labute approximate surface area is 116 Å². The van der Waals surface area contributed by atoms with Gasteiger partial charge >= 0.3 is 5.97 Å². The second kappa shape index (κ2) is 5.24. The van der Waals surface area contributed by atoms with Crippen molar-refractivity contribution < 1.29 is 19.4 Å². The molecule has 20 heavy (non-hydrogen) atoms. The van der Waals surface area contributed by atoms with Gasteiger partial charge in [-0.05, 0) is 31.2 Å². The zero-order valence-corrected chi connectivity index (χ0v) is 11.5. The number of aryl methyl sites for hydroxylation is 1. The third kappa shape index (κ3) is 2.45. The number of aliphatic carboxylic acids is 1. The molecule has 0 spiro atoms. The Balaban J connectivity index is 2.37. The van der Waals surface area contributed by atoms with E-state index in [4.69, 9.17) is 9.84 Å². The zero-order valence-electron chi connectivity index (χ0n) is 11.5. The lowest BCUT2D eigenvalue weighted by Gasteiger charge is -2.09. The number of ether oxygens (including phenoxy) is 1. The number of hydrogen-bond donors (Lipinski definition) is 2. The van der Waals surface area contributed by atoms with Gasteiger partial charge in [0.15, 0.2) is 0 Å². The summed E-state index contributed by atoms with van der Waals surface area (Å²) >= 11 is 0. The summed E-state index contributed by atoms with van der Waals surface area (Å²) in [5.74, 6) is -0.787. The van der Waals surface area contributed by atoms with Crippen LogP contribution in [0.3, 0.4) is 0 Å². The quantitative estimate of drug-likeness (QED) is 0.884. The molecule has 6 nitrogen and oxygen atoms in total. The summed E-state index contributed by atoms with van der Waals surface area (Å²) in [4.78, 5) is 22.8. The van der Waals surface area contributed by atoms with Gasteiger partial charge in [-0.25, -0.2) is 0 Å². The molecule has 1 amide bonds. The minimum Gasteiger partial charge on any atom is -0.497 e. The molecule has 1 aromatic heterocycles. The van der Waals surface area contributed by atoms with E-state index >= 15 is 0 Å². The maximum absolute atomic E-state index is 12.1. The number of carbonyl (C=O) groups excluding carboxylic acids is 1. The van der Waals surface area contributed by atoms with Crippen molar-refractivity contribution in [2.75, 3.05) is 7.11 Å². The lowest BCUT2D eigenvalue weighted by atomic mass is 10.2. The number of carboxylic acid groups (broad SMARTS) is 1. The average Bonchev–Trinajstić information content (AvgIpc) is 2.75. The van der Waals surface area contributed by atoms with Gasteiger partial charge in [0.05, 0.1) is 7.11 Å². The van der Waals surface area contributed by atoms with Crippen molar-refractivity contribution in [2.45, 2.75) is 13.0 Å². The Kier molecular flexibility index (Phi) is 3.65. The summed E-state index contributed by atoms with van der Waals surface area (Å²) < 4.78 is 6.86. The number of rotatable bonds is 4. The summed E-state index contributed by atoms with van der Waals surface area (Å²) in [5.41, 5.74) is 1.28. The molecule has 2 N–H and O–H groups in total. The summed E-state index contributed by atoms with van der Waals surface area (Å²) in [6.45, 7) is 1.42. The minimum absolute atomic E-state index is 0.404. The molecule has 2 rings (SSSR count). The van der Waals surface area contributed by atoms with E-state index in [0.717, 1.165) is 10.9 Å². The molecule has 0 bridgehead atoms. The topological polar surface area (TPSA) is 80.6 Å². The fraction of sp³-hybridized carbons (Fsp3) is 0.286. The van der Waals surface area contributed by atoms with Crippen LogP contribution in [0.4, 0.5) is 0 Å². The second-order valence-electron chi connectivity index (χ2n) is 4.55. The smallest absolute Gasteiger partial charge is 0.325 e. The van der Waals surface area contributed by atoms with E-state index in [1.165, 1.54) is 6.92 Å². The van der Waals surface area contributed by atoms with Crippen molar-refractivity contribution in [2.24, 2.45) is 7.05 Å². The van der Waals surface area contributed by atoms with Crippen molar-refractivity contribution in [1.82, 2.24) is 9.88 Å². The number of carboxylic acids is 1. The van der Waals surface area contributed by atoms with Gasteiger partial charge < -0.3 is 19.7 Å². The molecule has 0 aliphatic heterocycles. The molecule has 0 radical (unpaired) electrons. The van der Waals surface area contributed by atoms with Gasteiger partial charge in [-0.1, -0.05) is 0 Å². The monoisotopic (exact) mass is 276 g/mol. The highest BCUT2D eigenvalue weighted by molar-refractivity contribution is 6.00.